The summed E-state index contributed by atoms with van der Waals surface area (Å²) in [7, 11) is 0. The second-order valence-corrected chi connectivity index (χ2v) is 19.6. The maximum Gasteiger partial charge on any atom is 0.187 e. The highest BCUT2D eigenvalue weighted by molar-refractivity contribution is 5.00. The van der Waals surface area contributed by atoms with E-state index in [1.54, 1.807) is 0 Å². The monoisotopic (exact) mass is 1150 g/mol. The van der Waals surface area contributed by atoms with Gasteiger partial charge in [0.15, 0.2) is 44.0 Å². The highest BCUT2D eigenvalue weighted by Crippen LogP contribution is 2.37. The van der Waals surface area contributed by atoms with E-state index in [0.717, 1.165) is 0 Å². The predicted molar refractivity (Wildman–Crippen MR) is 232 cm³/mol. The van der Waals surface area contributed by atoms with Crippen LogP contribution in [0, 0.1) is 0 Å². The van der Waals surface area contributed by atoms with Gasteiger partial charge >= 0.3 is 0 Å². The van der Waals surface area contributed by atoms with Crippen molar-refractivity contribution in [2.45, 2.75) is 215 Å². The van der Waals surface area contributed by atoms with Gasteiger partial charge in [0.25, 0.3) is 0 Å². The molecular formula is C42H72O36. The van der Waals surface area contributed by atoms with Gasteiger partial charge in [-0.05, 0) is 0 Å². The summed E-state index contributed by atoms with van der Waals surface area (Å²) >= 11 is 0. The molecule has 0 radical (unpaired) electrons. The Labute approximate surface area is 439 Å². The van der Waals surface area contributed by atoms with E-state index in [9.17, 15) is 117 Å². The Kier molecular flexibility index (Phi) is 22.6. The largest absolute Gasteiger partial charge is 0.394 e. The summed E-state index contributed by atoms with van der Waals surface area (Å²) < 4.78 is 72.6. The van der Waals surface area contributed by atoms with E-state index in [4.69, 9.17) is 61.6 Å². The van der Waals surface area contributed by atoms with Gasteiger partial charge in [-0.25, -0.2) is 0 Å². The molecule has 36 nitrogen and oxygen atoms in total. The predicted octanol–water partition coefficient (Wildman–Crippen LogP) is -16.3. The molecular weight excluding hydrogens is 1080 g/mol. The van der Waals surface area contributed by atoms with Crippen LogP contribution in [0.25, 0.3) is 0 Å². The molecule has 35 atom stereocenters. The van der Waals surface area contributed by atoms with Gasteiger partial charge < -0.3 is 179 Å². The standard InChI is InChI=1S/C42H72O36/c43-1-8-15(49)17(51)25(59)38(68-8)75-33-12(5-47)71-40(28(62)21(33)55)77-32-11(4-46)70-37(27(61)20(32)54)66-7-14-35(23(57)30(64)42(73-14)74-31-10(3-45)67-36(65)24(58)19(31)53)78-41-29(63)22(56)34(13(6-48)72-41)76-39-26(60)18(52)16(50)9(2-44)69-39/h8-65H,1-7H2/t8?,9?,10?,11?,12?,13?,14?,15-,16-,17-,18-,19+,20+,21+,22+,23+,24?,25?,26?,27?,28?,29?,30?,31-,32-,33-,34-,35-,36?,37+,38-,39-,40-,41-,42-/m0/s1. The Bertz CT molecular complexity index is 1810. The Morgan fingerprint density at radius 2 is 0.449 bits per heavy atom. The first-order valence-electron chi connectivity index (χ1n) is 24.7. The molecule has 7 rings (SSSR count). The SMILES string of the molecule is OCC1O[C@@H](O[C@H]2C(CO)O[C@@H](O[C@H]3C(CO)O[C@@H](OCC4O[C@@H](O[C@H]5C(CO)OC(O)C(O)[C@H]5O)C(O)[C@@H](O)[C@H]4O[C@@H]4OC(CO)[C@H](O[C@@H]5OC(CO)[C@H](O)[C@H](O)C5O)[C@H](O)C4O)C(O)[C@H]3O)C(O)[C@H]2O)C(O)[C@@H](O)[C@H]1O. The number of ether oxygens (including phenoxy) is 13. The van der Waals surface area contributed by atoms with Gasteiger partial charge in [-0.15, -0.1) is 0 Å². The van der Waals surface area contributed by atoms with Gasteiger partial charge in [-0.3, -0.25) is 0 Å². The zero-order chi connectivity index (χ0) is 57.3. The van der Waals surface area contributed by atoms with Crippen LogP contribution in [0.3, 0.4) is 0 Å². The zero-order valence-electron chi connectivity index (χ0n) is 40.8. The van der Waals surface area contributed by atoms with Crippen LogP contribution in [0.15, 0.2) is 0 Å². The van der Waals surface area contributed by atoms with E-state index in [2.05, 4.69) is 0 Å². The van der Waals surface area contributed by atoms with Crippen molar-refractivity contribution in [2.75, 3.05) is 46.2 Å². The quantitative estimate of drug-likeness (QED) is 0.0571. The fraction of sp³-hybridized carbons (Fsp3) is 1.00. The summed E-state index contributed by atoms with van der Waals surface area (Å²) in [6.45, 7) is -6.83. The van der Waals surface area contributed by atoms with Crippen molar-refractivity contribution in [1.29, 1.82) is 0 Å². The van der Waals surface area contributed by atoms with Gasteiger partial charge in [-0.1, -0.05) is 0 Å². The van der Waals surface area contributed by atoms with Crippen molar-refractivity contribution in [3.05, 3.63) is 0 Å². The number of hydrogen-bond acceptors (Lipinski definition) is 36. The molecule has 0 amide bonds. The molecule has 0 aromatic carbocycles. The molecule has 7 fully saturated rings. The Balaban J connectivity index is 1.06. The Morgan fingerprint density at radius 3 is 0.769 bits per heavy atom. The minimum Gasteiger partial charge on any atom is -0.394 e. The summed E-state index contributed by atoms with van der Waals surface area (Å²) in [5, 5.41) is 243. The van der Waals surface area contributed by atoms with Crippen molar-refractivity contribution in [1.82, 2.24) is 0 Å². The van der Waals surface area contributed by atoms with E-state index in [1.165, 1.54) is 0 Å². The van der Waals surface area contributed by atoms with E-state index in [-0.39, 0.29) is 0 Å². The van der Waals surface area contributed by atoms with Crippen LogP contribution in [0.5, 0.6) is 0 Å². The number of hydrogen-bond donors (Lipinski definition) is 23. The Morgan fingerprint density at radius 1 is 0.218 bits per heavy atom. The number of aliphatic hydroxyl groups excluding tert-OH is 23. The van der Waals surface area contributed by atoms with Gasteiger partial charge in [0.2, 0.25) is 0 Å². The fourth-order valence-corrected chi connectivity index (χ4v) is 9.90. The maximum absolute atomic E-state index is 11.6. The molecule has 0 saturated carbocycles. The minimum atomic E-state index is -2.28. The molecule has 78 heavy (non-hydrogen) atoms. The van der Waals surface area contributed by atoms with Crippen LogP contribution in [-0.2, 0) is 61.6 Å². The first kappa shape index (κ1) is 64.1. The number of rotatable bonds is 19. The van der Waals surface area contributed by atoms with E-state index >= 15 is 0 Å². The fourth-order valence-electron chi connectivity index (χ4n) is 9.90. The smallest absolute Gasteiger partial charge is 0.187 e. The van der Waals surface area contributed by atoms with Crippen LogP contribution in [-0.4, -0.2) is 379 Å². The lowest BCUT2D eigenvalue weighted by molar-refractivity contribution is -0.394. The summed E-state index contributed by atoms with van der Waals surface area (Å²) in [5.74, 6) is 0. The second kappa shape index (κ2) is 27.5. The Hall–Kier alpha value is -1.44. The maximum atomic E-state index is 11.6. The third kappa shape index (κ3) is 13.1. The average Bonchev–Trinajstić information content (AvgIpc) is 3.50. The average molecular weight is 1150 g/mol. The van der Waals surface area contributed by atoms with Crippen LogP contribution in [0.2, 0.25) is 0 Å². The molecule has 7 aliphatic rings. The van der Waals surface area contributed by atoms with Crippen LogP contribution in [0.1, 0.15) is 0 Å². The van der Waals surface area contributed by atoms with E-state index in [0.29, 0.717) is 0 Å². The topological polar surface area (TPSA) is 585 Å². The summed E-state index contributed by atoms with van der Waals surface area (Å²) in [6.07, 6.45) is -68.4. The third-order valence-electron chi connectivity index (χ3n) is 14.5. The molecule has 0 bridgehead atoms. The molecule has 0 aromatic heterocycles. The van der Waals surface area contributed by atoms with Gasteiger partial charge in [0.05, 0.1) is 46.2 Å². The molecule has 23 N–H and O–H groups in total. The lowest BCUT2D eigenvalue weighted by Crippen LogP contribution is -2.68. The number of aliphatic hydroxyl groups is 23. The molecule has 36 heteroatoms. The lowest BCUT2D eigenvalue weighted by atomic mass is 9.95. The van der Waals surface area contributed by atoms with E-state index < -0.39 is 261 Å². The first-order valence-corrected chi connectivity index (χ1v) is 24.7. The minimum absolute atomic E-state index is 0.855. The van der Waals surface area contributed by atoms with Crippen molar-refractivity contribution < 1.29 is 179 Å². The second-order valence-electron chi connectivity index (χ2n) is 19.6. The van der Waals surface area contributed by atoms with Gasteiger partial charge in [0.1, 0.15) is 171 Å². The van der Waals surface area contributed by atoms with Crippen molar-refractivity contribution in [3.63, 3.8) is 0 Å². The highest BCUT2D eigenvalue weighted by Gasteiger charge is 2.58. The van der Waals surface area contributed by atoms with Crippen molar-refractivity contribution in [2.24, 2.45) is 0 Å². The van der Waals surface area contributed by atoms with Crippen molar-refractivity contribution in [3.8, 4) is 0 Å². The van der Waals surface area contributed by atoms with Gasteiger partial charge in [0, 0.05) is 0 Å². The van der Waals surface area contributed by atoms with Crippen LogP contribution < -0.4 is 0 Å². The van der Waals surface area contributed by atoms with Crippen LogP contribution >= 0.6 is 0 Å². The molecule has 0 aromatic rings. The molecule has 7 saturated heterocycles. The third-order valence-corrected chi connectivity index (χ3v) is 14.5. The normalized spacial score (nSPS) is 53.5. The summed E-state index contributed by atoms with van der Waals surface area (Å²) in [6, 6.07) is 0. The highest BCUT2D eigenvalue weighted by atomic mass is 16.8. The molecule has 15 unspecified atom stereocenters. The molecule has 0 aliphatic carbocycles. The lowest BCUT2D eigenvalue weighted by Gasteiger charge is -2.49. The van der Waals surface area contributed by atoms with Crippen molar-refractivity contribution >= 4 is 0 Å². The summed E-state index contributed by atoms with van der Waals surface area (Å²) in [4.78, 5) is 0. The zero-order valence-corrected chi connectivity index (χ0v) is 40.8. The van der Waals surface area contributed by atoms with E-state index in [1.807, 2.05) is 0 Å². The molecule has 7 heterocycles. The molecule has 7 aliphatic heterocycles. The first-order chi connectivity index (χ1) is 37.0. The summed E-state index contributed by atoms with van der Waals surface area (Å²) in [5.41, 5.74) is 0. The van der Waals surface area contributed by atoms with Crippen LogP contribution in [0.4, 0.5) is 0 Å². The molecule has 456 valence electrons. The molecule has 0 spiro atoms. The van der Waals surface area contributed by atoms with Gasteiger partial charge in [-0.2, -0.15) is 0 Å².